The molecule has 0 unspecified atom stereocenters. The Bertz CT molecular complexity index is 709. The molecule has 0 radical (unpaired) electrons. The molecular weight excluding hydrogens is 322 g/mol. The number of nitro benzene ring substituents is 1. The van der Waals surface area contributed by atoms with E-state index in [0.29, 0.717) is 31.9 Å². The van der Waals surface area contributed by atoms with Gasteiger partial charge in [-0.2, -0.15) is 4.31 Å². The first-order chi connectivity index (χ1) is 10.9. The number of nitrogens with zero attached hydrogens (tertiary/aromatic N) is 3. The van der Waals surface area contributed by atoms with E-state index in [2.05, 4.69) is 0 Å². The lowest BCUT2D eigenvalue weighted by Gasteiger charge is -2.37. The summed E-state index contributed by atoms with van der Waals surface area (Å²) in [5.74, 6) is 0. The van der Waals surface area contributed by atoms with Gasteiger partial charge in [0.1, 0.15) is 5.69 Å². The zero-order chi connectivity index (χ0) is 16.6. The number of sulfonamides is 1. The van der Waals surface area contributed by atoms with Crippen LogP contribution in [0.4, 0.5) is 11.4 Å². The van der Waals surface area contributed by atoms with Crippen molar-refractivity contribution in [3.8, 4) is 0 Å². The molecule has 2 aliphatic heterocycles. The summed E-state index contributed by atoms with van der Waals surface area (Å²) in [5, 5.41) is 20.7. The van der Waals surface area contributed by atoms with Gasteiger partial charge in [0.2, 0.25) is 10.0 Å². The summed E-state index contributed by atoms with van der Waals surface area (Å²) in [5.41, 5.74) is 0.105. The topological polar surface area (TPSA) is 104 Å². The lowest BCUT2D eigenvalue weighted by atomic mass is 10.1. The zero-order valence-electron chi connectivity index (χ0n) is 12.6. The molecule has 0 atom stereocenters. The van der Waals surface area contributed by atoms with Gasteiger partial charge in [0.05, 0.1) is 15.9 Å². The lowest BCUT2D eigenvalue weighted by molar-refractivity contribution is -0.384. The van der Waals surface area contributed by atoms with Crippen LogP contribution in [0.2, 0.25) is 0 Å². The van der Waals surface area contributed by atoms with Crippen molar-refractivity contribution >= 4 is 21.4 Å². The van der Waals surface area contributed by atoms with Crippen LogP contribution in [0.15, 0.2) is 23.1 Å². The second-order valence-corrected chi connectivity index (χ2v) is 7.87. The van der Waals surface area contributed by atoms with Crippen molar-refractivity contribution in [2.45, 2.75) is 30.3 Å². The van der Waals surface area contributed by atoms with E-state index in [4.69, 9.17) is 0 Å². The Morgan fingerprint density at radius 1 is 1.17 bits per heavy atom. The molecule has 1 aromatic rings. The first-order valence-corrected chi connectivity index (χ1v) is 9.05. The summed E-state index contributed by atoms with van der Waals surface area (Å²) in [6.45, 7) is 1.55. The van der Waals surface area contributed by atoms with E-state index in [1.54, 1.807) is 4.90 Å². The Balaban J connectivity index is 1.94. The Hall–Kier alpha value is -1.71. The highest BCUT2D eigenvalue weighted by Crippen LogP contribution is 2.34. The zero-order valence-corrected chi connectivity index (χ0v) is 13.4. The molecule has 2 aliphatic rings. The number of benzene rings is 1. The van der Waals surface area contributed by atoms with Crippen LogP contribution in [0, 0.1) is 10.1 Å². The minimum atomic E-state index is -3.70. The third-order valence-electron chi connectivity index (χ3n) is 4.30. The van der Waals surface area contributed by atoms with E-state index in [1.165, 1.54) is 16.4 Å². The minimum Gasteiger partial charge on any atom is -0.389 e. The number of aliphatic hydroxyl groups is 1. The van der Waals surface area contributed by atoms with Gasteiger partial charge in [0.25, 0.3) is 5.69 Å². The van der Waals surface area contributed by atoms with Crippen molar-refractivity contribution < 1.29 is 18.4 Å². The molecule has 9 heteroatoms. The van der Waals surface area contributed by atoms with Gasteiger partial charge in [0.15, 0.2) is 0 Å². The summed E-state index contributed by atoms with van der Waals surface area (Å²) < 4.78 is 26.6. The van der Waals surface area contributed by atoms with E-state index >= 15 is 0 Å². The van der Waals surface area contributed by atoms with Gasteiger partial charge in [-0.3, -0.25) is 10.1 Å². The Kier molecular flexibility index (Phi) is 4.26. The van der Waals surface area contributed by atoms with Crippen LogP contribution in [0.1, 0.15) is 19.3 Å². The second kappa shape index (κ2) is 6.06. The number of β-amino-alcohol motifs (C(OH)–C–C–N with tert-alkyl or cyclic N) is 1. The number of hydrogen-bond acceptors (Lipinski definition) is 6. The Morgan fingerprint density at radius 3 is 2.39 bits per heavy atom. The highest BCUT2D eigenvalue weighted by atomic mass is 32.2. The predicted octanol–water partition coefficient (Wildman–Crippen LogP) is 0.950. The Labute approximate surface area is 134 Å². The molecule has 2 saturated heterocycles. The number of aliphatic hydroxyl groups excluding tert-OH is 1. The summed E-state index contributed by atoms with van der Waals surface area (Å²) in [6, 6.07) is 4.00. The van der Waals surface area contributed by atoms with Gasteiger partial charge in [-0.1, -0.05) is 6.42 Å². The molecule has 1 aromatic carbocycles. The molecule has 0 amide bonds. The average Bonchev–Trinajstić information content (AvgIpc) is 2.52. The van der Waals surface area contributed by atoms with Crippen LogP contribution in [0.3, 0.4) is 0 Å². The highest BCUT2D eigenvalue weighted by molar-refractivity contribution is 7.89. The van der Waals surface area contributed by atoms with Crippen molar-refractivity contribution in [2.24, 2.45) is 0 Å². The smallest absolute Gasteiger partial charge is 0.293 e. The molecule has 0 saturated carbocycles. The largest absolute Gasteiger partial charge is 0.389 e. The number of anilines is 1. The van der Waals surface area contributed by atoms with Crippen molar-refractivity contribution in [3.05, 3.63) is 28.3 Å². The first-order valence-electron chi connectivity index (χ1n) is 7.61. The summed E-state index contributed by atoms with van der Waals surface area (Å²) in [6.07, 6.45) is 2.13. The maximum atomic E-state index is 12.6. The fourth-order valence-electron chi connectivity index (χ4n) is 2.98. The normalized spacial score (nSPS) is 20.3. The van der Waals surface area contributed by atoms with E-state index in [9.17, 15) is 23.6 Å². The van der Waals surface area contributed by atoms with Gasteiger partial charge in [-0.25, -0.2) is 8.42 Å². The second-order valence-electron chi connectivity index (χ2n) is 5.93. The van der Waals surface area contributed by atoms with Gasteiger partial charge in [-0.15, -0.1) is 0 Å². The van der Waals surface area contributed by atoms with Crippen molar-refractivity contribution in [3.63, 3.8) is 0 Å². The summed E-state index contributed by atoms with van der Waals surface area (Å²) in [7, 11) is -3.70. The fourth-order valence-corrected chi connectivity index (χ4v) is 4.52. The van der Waals surface area contributed by atoms with Crippen molar-refractivity contribution in [1.82, 2.24) is 4.31 Å². The fraction of sp³-hybridized carbons (Fsp3) is 0.571. The third kappa shape index (κ3) is 3.04. The van der Waals surface area contributed by atoms with Crippen LogP contribution in [0.5, 0.6) is 0 Å². The van der Waals surface area contributed by atoms with Crippen molar-refractivity contribution in [2.75, 3.05) is 31.1 Å². The first kappa shape index (κ1) is 16.2. The van der Waals surface area contributed by atoms with E-state index in [1.807, 2.05) is 0 Å². The molecule has 126 valence electrons. The van der Waals surface area contributed by atoms with Crippen LogP contribution in [-0.2, 0) is 10.0 Å². The van der Waals surface area contributed by atoms with E-state index < -0.39 is 21.1 Å². The quantitative estimate of drug-likeness (QED) is 0.646. The monoisotopic (exact) mass is 341 g/mol. The molecule has 2 fully saturated rings. The van der Waals surface area contributed by atoms with Crippen LogP contribution in [0.25, 0.3) is 0 Å². The molecule has 0 bridgehead atoms. The average molecular weight is 341 g/mol. The van der Waals surface area contributed by atoms with Gasteiger partial charge < -0.3 is 10.0 Å². The van der Waals surface area contributed by atoms with E-state index in [0.717, 1.165) is 25.3 Å². The predicted molar refractivity (Wildman–Crippen MR) is 83.9 cm³/mol. The molecule has 8 nitrogen and oxygen atoms in total. The molecule has 0 aromatic heterocycles. The highest BCUT2D eigenvalue weighted by Gasteiger charge is 2.33. The molecular formula is C14H19N3O5S. The molecule has 0 aliphatic carbocycles. The van der Waals surface area contributed by atoms with Gasteiger partial charge >= 0.3 is 0 Å². The molecule has 3 rings (SSSR count). The number of piperidine rings is 1. The standard InChI is InChI=1S/C14H19N3O5S/c18-11-9-15(10-11)13-5-4-12(8-14(13)17(19)20)23(21,22)16-6-2-1-3-7-16/h4-5,8,11,18H,1-3,6-7,9-10H2. The van der Waals surface area contributed by atoms with Crippen LogP contribution >= 0.6 is 0 Å². The van der Waals surface area contributed by atoms with Gasteiger partial charge in [0, 0.05) is 32.2 Å². The van der Waals surface area contributed by atoms with Crippen molar-refractivity contribution in [1.29, 1.82) is 0 Å². The molecule has 23 heavy (non-hydrogen) atoms. The lowest BCUT2D eigenvalue weighted by Crippen LogP contribution is -2.51. The summed E-state index contributed by atoms with van der Waals surface area (Å²) in [4.78, 5) is 12.4. The third-order valence-corrected chi connectivity index (χ3v) is 6.19. The van der Waals surface area contributed by atoms with Crippen LogP contribution in [-0.4, -0.2) is 55.0 Å². The SMILES string of the molecule is O=[N+]([O-])c1cc(S(=O)(=O)N2CCCCC2)ccc1N1CC(O)C1. The van der Waals surface area contributed by atoms with Gasteiger partial charge in [-0.05, 0) is 25.0 Å². The van der Waals surface area contributed by atoms with Crippen LogP contribution < -0.4 is 4.90 Å². The maximum absolute atomic E-state index is 12.6. The molecule has 0 spiro atoms. The summed E-state index contributed by atoms with van der Waals surface area (Å²) >= 11 is 0. The molecule has 2 heterocycles. The van der Waals surface area contributed by atoms with E-state index in [-0.39, 0.29) is 10.6 Å². The maximum Gasteiger partial charge on any atom is 0.293 e. The Morgan fingerprint density at radius 2 is 1.83 bits per heavy atom. The number of nitro groups is 1. The number of hydrogen-bond donors (Lipinski definition) is 1. The number of rotatable bonds is 4. The minimum absolute atomic E-state index is 0.0454. The molecule has 1 N–H and O–H groups in total.